The Labute approximate surface area is 128 Å². The van der Waals surface area contributed by atoms with Crippen molar-refractivity contribution >= 4 is 17.5 Å². The molecule has 1 aromatic carbocycles. The number of halogens is 1. The normalized spacial score (nSPS) is 20.1. The minimum absolute atomic E-state index is 0.0318. The summed E-state index contributed by atoms with van der Waals surface area (Å²) in [5.41, 5.74) is 0.528. The van der Waals surface area contributed by atoms with Crippen molar-refractivity contribution in [3.8, 4) is 11.5 Å². The molecule has 1 unspecified atom stereocenters. The summed E-state index contributed by atoms with van der Waals surface area (Å²) in [5, 5.41) is 9.36. The van der Waals surface area contributed by atoms with Gasteiger partial charge >= 0.3 is 0 Å². The van der Waals surface area contributed by atoms with Crippen molar-refractivity contribution in [2.75, 3.05) is 19.9 Å². The van der Waals surface area contributed by atoms with Gasteiger partial charge < -0.3 is 19.5 Å². The Kier molecular flexibility index (Phi) is 4.22. The second-order valence-electron chi connectivity index (χ2n) is 5.35. The highest BCUT2D eigenvalue weighted by Gasteiger charge is 2.30. The first-order valence-corrected chi connectivity index (χ1v) is 7.59. The van der Waals surface area contributed by atoms with Crippen LogP contribution in [-0.4, -0.2) is 41.9 Å². The molecule has 1 atom stereocenters. The molecule has 1 N–H and O–H groups in total. The first kappa shape index (κ1) is 14.5. The van der Waals surface area contributed by atoms with Crippen LogP contribution < -0.4 is 9.47 Å². The van der Waals surface area contributed by atoms with Gasteiger partial charge in [0.25, 0.3) is 5.91 Å². The molecule has 21 heavy (non-hydrogen) atoms. The molecule has 2 aliphatic rings. The molecule has 1 saturated heterocycles. The molecule has 0 saturated carbocycles. The van der Waals surface area contributed by atoms with Gasteiger partial charge in [0.05, 0.1) is 5.02 Å². The van der Waals surface area contributed by atoms with Crippen LogP contribution in [0.5, 0.6) is 11.5 Å². The first-order valence-electron chi connectivity index (χ1n) is 7.21. The molecule has 0 radical (unpaired) electrons. The van der Waals surface area contributed by atoms with E-state index in [4.69, 9.17) is 26.2 Å². The van der Waals surface area contributed by atoms with Crippen molar-refractivity contribution in [1.29, 1.82) is 0 Å². The van der Waals surface area contributed by atoms with Crippen molar-refractivity contribution in [2.45, 2.75) is 31.7 Å². The Morgan fingerprint density at radius 3 is 3.10 bits per heavy atom. The van der Waals surface area contributed by atoms with Crippen molar-refractivity contribution in [2.24, 2.45) is 0 Å². The van der Waals surface area contributed by atoms with Gasteiger partial charge in [-0.2, -0.15) is 0 Å². The average Bonchev–Trinajstić information content (AvgIpc) is 3.13. The Hall–Kier alpha value is -1.46. The summed E-state index contributed by atoms with van der Waals surface area (Å²) in [7, 11) is 0. The van der Waals surface area contributed by atoms with Gasteiger partial charge in [-0.15, -0.1) is 0 Å². The number of carbonyl (C=O) groups excluding carboxylic acids is 1. The van der Waals surface area contributed by atoms with E-state index in [0.29, 0.717) is 22.1 Å². The number of fused-ring (bicyclic) bond motifs is 1. The van der Waals surface area contributed by atoms with Crippen LogP contribution in [0.3, 0.4) is 0 Å². The molecule has 2 aliphatic heterocycles. The molecule has 1 aromatic rings. The Balaban J connectivity index is 1.80. The van der Waals surface area contributed by atoms with E-state index in [2.05, 4.69) is 0 Å². The van der Waals surface area contributed by atoms with E-state index in [1.54, 1.807) is 12.1 Å². The zero-order valence-electron chi connectivity index (χ0n) is 11.7. The average molecular weight is 312 g/mol. The zero-order chi connectivity index (χ0) is 14.8. The predicted molar refractivity (Wildman–Crippen MR) is 78.0 cm³/mol. The van der Waals surface area contributed by atoms with Crippen LogP contribution in [0.4, 0.5) is 0 Å². The summed E-state index contributed by atoms with van der Waals surface area (Å²) in [6, 6.07) is 3.53. The van der Waals surface area contributed by atoms with Crippen LogP contribution in [0.2, 0.25) is 5.02 Å². The Bertz CT molecular complexity index is 549. The van der Waals surface area contributed by atoms with E-state index in [-0.39, 0.29) is 25.3 Å². The SMILES string of the molecule is O=C(c1cc(Cl)c2c(c1)OCO2)N1CCCC1CCCO. The topological polar surface area (TPSA) is 59.0 Å². The lowest BCUT2D eigenvalue weighted by Gasteiger charge is -2.24. The van der Waals surface area contributed by atoms with Gasteiger partial charge in [0.2, 0.25) is 6.79 Å². The molecule has 0 spiro atoms. The molecular weight excluding hydrogens is 294 g/mol. The number of carbonyl (C=O) groups is 1. The monoisotopic (exact) mass is 311 g/mol. The third-order valence-corrected chi connectivity index (χ3v) is 4.29. The summed E-state index contributed by atoms with van der Waals surface area (Å²) in [4.78, 5) is 14.6. The number of ether oxygens (including phenoxy) is 2. The summed E-state index contributed by atoms with van der Waals surface area (Å²) >= 11 is 6.14. The number of aliphatic hydroxyl groups is 1. The van der Waals surface area contributed by atoms with E-state index in [0.717, 1.165) is 32.2 Å². The van der Waals surface area contributed by atoms with Gasteiger partial charge in [0.1, 0.15) is 0 Å². The lowest BCUT2D eigenvalue weighted by molar-refractivity contribution is 0.0724. The highest BCUT2D eigenvalue weighted by Crippen LogP contribution is 2.40. The van der Waals surface area contributed by atoms with Gasteiger partial charge in [-0.1, -0.05) is 11.6 Å². The van der Waals surface area contributed by atoms with Gasteiger partial charge in [-0.05, 0) is 37.8 Å². The fraction of sp³-hybridized carbons (Fsp3) is 0.533. The van der Waals surface area contributed by atoms with E-state index in [9.17, 15) is 4.79 Å². The largest absolute Gasteiger partial charge is 0.454 e. The second kappa shape index (κ2) is 6.12. The van der Waals surface area contributed by atoms with Crippen LogP contribution in [0.1, 0.15) is 36.0 Å². The van der Waals surface area contributed by atoms with Crippen LogP contribution in [0.25, 0.3) is 0 Å². The highest BCUT2D eigenvalue weighted by molar-refractivity contribution is 6.32. The molecule has 6 heteroatoms. The molecule has 3 rings (SSSR count). The maximum Gasteiger partial charge on any atom is 0.254 e. The third kappa shape index (κ3) is 2.80. The molecule has 1 amide bonds. The zero-order valence-corrected chi connectivity index (χ0v) is 12.4. The van der Waals surface area contributed by atoms with Crippen molar-refractivity contribution in [1.82, 2.24) is 4.90 Å². The van der Waals surface area contributed by atoms with Crippen LogP contribution in [-0.2, 0) is 0 Å². The summed E-state index contributed by atoms with van der Waals surface area (Å²) < 4.78 is 10.6. The number of hydrogen-bond acceptors (Lipinski definition) is 4. The quantitative estimate of drug-likeness (QED) is 0.928. The number of amides is 1. The smallest absolute Gasteiger partial charge is 0.254 e. The van der Waals surface area contributed by atoms with E-state index < -0.39 is 0 Å². The number of hydrogen-bond donors (Lipinski definition) is 1. The number of aliphatic hydroxyl groups excluding tert-OH is 1. The molecule has 1 fully saturated rings. The Morgan fingerprint density at radius 2 is 2.29 bits per heavy atom. The molecule has 0 aromatic heterocycles. The molecule has 5 nitrogen and oxygen atoms in total. The lowest BCUT2D eigenvalue weighted by Crippen LogP contribution is -2.35. The fourth-order valence-electron chi connectivity index (χ4n) is 2.99. The summed E-state index contributed by atoms with van der Waals surface area (Å²) in [6.45, 7) is 1.05. The van der Waals surface area contributed by atoms with Crippen LogP contribution >= 0.6 is 11.6 Å². The number of rotatable bonds is 4. The maximum absolute atomic E-state index is 12.7. The molecule has 2 heterocycles. The third-order valence-electron chi connectivity index (χ3n) is 4.01. The van der Waals surface area contributed by atoms with Gasteiger partial charge in [-0.25, -0.2) is 0 Å². The van der Waals surface area contributed by atoms with Crippen molar-refractivity contribution in [3.05, 3.63) is 22.7 Å². The highest BCUT2D eigenvalue weighted by atomic mass is 35.5. The van der Waals surface area contributed by atoms with Crippen LogP contribution in [0.15, 0.2) is 12.1 Å². The second-order valence-corrected chi connectivity index (χ2v) is 5.76. The van der Waals surface area contributed by atoms with Gasteiger partial charge in [-0.3, -0.25) is 4.79 Å². The van der Waals surface area contributed by atoms with Crippen molar-refractivity contribution in [3.63, 3.8) is 0 Å². The molecular formula is C15H18ClNO4. The minimum Gasteiger partial charge on any atom is -0.454 e. The minimum atomic E-state index is -0.0318. The van der Waals surface area contributed by atoms with E-state index >= 15 is 0 Å². The number of nitrogens with zero attached hydrogens (tertiary/aromatic N) is 1. The lowest BCUT2D eigenvalue weighted by atomic mass is 10.1. The van der Waals surface area contributed by atoms with Gasteiger partial charge in [0, 0.05) is 24.8 Å². The Morgan fingerprint density at radius 1 is 1.43 bits per heavy atom. The fourth-order valence-corrected chi connectivity index (χ4v) is 3.25. The first-order chi connectivity index (χ1) is 10.2. The number of likely N-dealkylation sites (tertiary alicyclic amines) is 1. The van der Waals surface area contributed by atoms with Gasteiger partial charge in [0.15, 0.2) is 11.5 Å². The van der Waals surface area contributed by atoms with Crippen molar-refractivity contribution < 1.29 is 19.4 Å². The molecule has 114 valence electrons. The van der Waals surface area contributed by atoms with Crippen LogP contribution in [0, 0.1) is 0 Å². The standard InChI is InChI=1S/C15H18ClNO4/c16-12-7-10(8-13-14(12)21-9-20-13)15(19)17-5-1-3-11(17)4-2-6-18/h7-8,11,18H,1-6,9H2. The molecule has 0 bridgehead atoms. The van der Waals surface area contributed by atoms with E-state index in [1.165, 1.54) is 0 Å². The van der Waals surface area contributed by atoms with E-state index in [1.807, 2.05) is 4.90 Å². The number of benzene rings is 1. The summed E-state index contributed by atoms with van der Waals surface area (Å²) in [5.74, 6) is 0.999. The maximum atomic E-state index is 12.7. The summed E-state index contributed by atoms with van der Waals surface area (Å²) in [6.07, 6.45) is 3.54. The predicted octanol–water partition coefficient (Wildman–Crippen LogP) is 2.45. The molecule has 0 aliphatic carbocycles.